The number of fused-ring (bicyclic) bond motifs is 1. The Labute approximate surface area is 211 Å². The Morgan fingerprint density at radius 3 is 2.59 bits per heavy atom. The number of hydrogen-bond donors (Lipinski definition) is 4. The Kier molecular flexibility index (Phi) is 10.5. The van der Waals surface area contributed by atoms with Gasteiger partial charge in [-0.2, -0.15) is 0 Å². The fourth-order valence-electron chi connectivity index (χ4n) is 4.29. The van der Waals surface area contributed by atoms with Crippen molar-refractivity contribution in [2.75, 3.05) is 25.0 Å². The number of carbonyl (C=O) groups is 2. The summed E-state index contributed by atoms with van der Waals surface area (Å²) in [7, 11) is 0. The largest absolute Gasteiger partial charge is 0.390 e. The molecule has 2 amide bonds. The maximum Gasteiger partial charge on any atom is 0.270 e. The molecule has 4 N–H and O–H groups in total. The van der Waals surface area contributed by atoms with E-state index in [1.54, 1.807) is 13.0 Å². The Balaban J connectivity index is 0.00000204. The molecule has 2 aromatic rings. The molecule has 11 heteroatoms. The average Bonchev–Trinajstić information content (AvgIpc) is 2.82. The number of aliphatic hydroxyl groups excluding tert-OH is 1. The lowest BCUT2D eigenvalue weighted by Gasteiger charge is -2.32. The summed E-state index contributed by atoms with van der Waals surface area (Å²) in [6, 6.07) is 9.87. The fourth-order valence-corrected chi connectivity index (χ4v) is 4.29. The summed E-state index contributed by atoms with van der Waals surface area (Å²) in [5, 5.41) is 20.0. The van der Waals surface area contributed by atoms with Gasteiger partial charge in [0.25, 0.3) is 5.91 Å². The molecule has 1 aromatic heterocycles. The molecule has 0 radical (unpaired) electrons. The van der Waals surface area contributed by atoms with Gasteiger partial charge in [0.2, 0.25) is 5.91 Å². The number of anilines is 1. The van der Waals surface area contributed by atoms with Crippen LogP contribution in [0.3, 0.4) is 0 Å². The Morgan fingerprint density at radius 2 is 1.88 bits per heavy atom. The van der Waals surface area contributed by atoms with Crippen LogP contribution in [0.25, 0.3) is 0 Å². The quantitative estimate of drug-likeness (QED) is 0.465. The van der Waals surface area contributed by atoms with E-state index in [1.165, 1.54) is 17.5 Å². The first-order chi connectivity index (χ1) is 15.5. The number of likely N-dealkylation sites (tertiary alicyclic amines) is 1. The standard InChI is InChI=1S/C23H30N6O3.2ClH/c1-15(30)29-8-6-18(7-9-29)28-22-11-20(26-14-27-22)23(32)25-13-21(31)19-10-16-4-2-3-5-17(16)12-24-19;;/h2-5,11,14,18-19,21,24,31H,6-10,12-13H2,1H3,(H,25,32)(H,26,27,28);2*1H/t19-,21?;;/m0../s1. The summed E-state index contributed by atoms with van der Waals surface area (Å²) in [4.78, 5) is 34.2. The minimum atomic E-state index is -0.710. The van der Waals surface area contributed by atoms with Gasteiger partial charge in [-0.05, 0) is 30.4 Å². The van der Waals surface area contributed by atoms with Crippen LogP contribution in [-0.2, 0) is 17.8 Å². The molecule has 34 heavy (non-hydrogen) atoms. The summed E-state index contributed by atoms with van der Waals surface area (Å²) >= 11 is 0. The molecule has 1 unspecified atom stereocenters. The predicted molar refractivity (Wildman–Crippen MR) is 135 cm³/mol. The third-order valence-electron chi connectivity index (χ3n) is 6.24. The molecule has 2 aliphatic heterocycles. The zero-order chi connectivity index (χ0) is 22.5. The first kappa shape index (κ1) is 27.8. The van der Waals surface area contributed by atoms with Gasteiger partial charge in [0, 0.05) is 51.3 Å². The van der Waals surface area contributed by atoms with Crippen LogP contribution in [0.15, 0.2) is 36.7 Å². The highest BCUT2D eigenvalue weighted by Gasteiger charge is 2.25. The number of aliphatic hydroxyl groups is 1. The molecule has 2 aliphatic rings. The van der Waals surface area contributed by atoms with E-state index < -0.39 is 6.10 Å². The maximum absolute atomic E-state index is 12.6. The van der Waals surface area contributed by atoms with E-state index in [1.807, 2.05) is 17.0 Å². The second kappa shape index (κ2) is 12.9. The van der Waals surface area contributed by atoms with E-state index in [4.69, 9.17) is 0 Å². The van der Waals surface area contributed by atoms with Gasteiger partial charge in [0.1, 0.15) is 17.8 Å². The van der Waals surface area contributed by atoms with Gasteiger partial charge in [-0.25, -0.2) is 9.97 Å². The van der Waals surface area contributed by atoms with Gasteiger partial charge >= 0.3 is 0 Å². The number of carbonyl (C=O) groups excluding carboxylic acids is 2. The molecule has 1 aromatic carbocycles. The smallest absolute Gasteiger partial charge is 0.270 e. The molecule has 0 spiro atoms. The molecule has 0 saturated carbocycles. The normalized spacial score (nSPS) is 18.5. The first-order valence-corrected chi connectivity index (χ1v) is 11.1. The SMILES string of the molecule is CC(=O)N1CCC(Nc2cc(C(=O)NCC(O)[C@@H]3Cc4ccccc4CN3)ncn2)CC1.Cl.Cl. The number of nitrogens with one attached hydrogen (secondary N) is 3. The summed E-state index contributed by atoms with van der Waals surface area (Å²) < 4.78 is 0. The number of piperidine rings is 1. The molecular weight excluding hydrogens is 479 g/mol. The minimum Gasteiger partial charge on any atom is -0.390 e. The Morgan fingerprint density at radius 1 is 1.18 bits per heavy atom. The van der Waals surface area contributed by atoms with Crippen molar-refractivity contribution in [3.05, 3.63) is 53.5 Å². The lowest BCUT2D eigenvalue weighted by Crippen LogP contribution is -2.49. The van der Waals surface area contributed by atoms with E-state index in [2.05, 4.69) is 38.1 Å². The first-order valence-electron chi connectivity index (χ1n) is 11.1. The Hall–Kier alpha value is -2.46. The van der Waals surface area contributed by atoms with Crippen LogP contribution in [0.1, 0.15) is 41.4 Å². The van der Waals surface area contributed by atoms with Crippen molar-refractivity contribution >= 4 is 42.4 Å². The van der Waals surface area contributed by atoms with Crippen LogP contribution in [0, 0.1) is 0 Å². The number of aromatic nitrogens is 2. The van der Waals surface area contributed by atoms with Crippen molar-refractivity contribution in [2.45, 2.75) is 50.9 Å². The van der Waals surface area contributed by atoms with E-state index >= 15 is 0 Å². The lowest BCUT2D eigenvalue weighted by atomic mass is 9.93. The van der Waals surface area contributed by atoms with Crippen LogP contribution in [0.4, 0.5) is 5.82 Å². The number of benzene rings is 1. The fraction of sp³-hybridized carbons (Fsp3) is 0.478. The van der Waals surface area contributed by atoms with Crippen molar-refractivity contribution in [3.8, 4) is 0 Å². The summed E-state index contributed by atoms with van der Waals surface area (Å²) in [5.74, 6) is 0.328. The van der Waals surface area contributed by atoms with Gasteiger partial charge in [-0.1, -0.05) is 24.3 Å². The van der Waals surface area contributed by atoms with E-state index in [0.717, 1.165) is 19.3 Å². The zero-order valence-corrected chi connectivity index (χ0v) is 20.7. The molecule has 1 fully saturated rings. The number of nitrogens with zero attached hydrogens (tertiary/aromatic N) is 3. The molecular formula is C23H32Cl2N6O3. The Bertz CT molecular complexity index is 971. The molecule has 9 nitrogen and oxygen atoms in total. The van der Waals surface area contributed by atoms with E-state index in [-0.39, 0.29) is 61.0 Å². The van der Waals surface area contributed by atoms with Gasteiger partial charge in [-0.15, -0.1) is 24.8 Å². The van der Waals surface area contributed by atoms with Gasteiger partial charge in [-0.3, -0.25) is 9.59 Å². The van der Waals surface area contributed by atoms with E-state index in [9.17, 15) is 14.7 Å². The van der Waals surface area contributed by atoms with Crippen LogP contribution in [0.5, 0.6) is 0 Å². The second-order valence-electron chi connectivity index (χ2n) is 8.45. The van der Waals surface area contributed by atoms with Crippen LogP contribution >= 0.6 is 24.8 Å². The van der Waals surface area contributed by atoms with Crippen molar-refractivity contribution < 1.29 is 14.7 Å². The number of rotatable bonds is 6. The van der Waals surface area contributed by atoms with Gasteiger partial charge in [0.15, 0.2) is 0 Å². The summed E-state index contributed by atoms with van der Waals surface area (Å²) in [6.45, 7) is 3.85. The lowest BCUT2D eigenvalue weighted by molar-refractivity contribution is -0.129. The highest BCUT2D eigenvalue weighted by Crippen LogP contribution is 2.18. The van der Waals surface area contributed by atoms with Gasteiger partial charge < -0.3 is 26.0 Å². The maximum atomic E-state index is 12.6. The van der Waals surface area contributed by atoms with E-state index in [0.29, 0.717) is 25.5 Å². The third-order valence-corrected chi connectivity index (χ3v) is 6.24. The average molecular weight is 511 g/mol. The number of hydrogen-bond acceptors (Lipinski definition) is 7. The summed E-state index contributed by atoms with van der Waals surface area (Å²) in [6.07, 6.45) is 3.02. The van der Waals surface area contributed by atoms with Crippen LogP contribution in [-0.4, -0.2) is 69.6 Å². The number of amides is 2. The predicted octanol–water partition coefficient (Wildman–Crippen LogP) is 1.55. The highest BCUT2D eigenvalue weighted by molar-refractivity contribution is 5.92. The van der Waals surface area contributed by atoms with Crippen molar-refractivity contribution in [1.29, 1.82) is 0 Å². The zero-order valence-electron chi connectivity index (χ0n) is 19.1. The molecule has 2 atom stereocenters. The molecule has 0 bridgehead atoms. The molecule has 1 saturated heterocycles. The molecule has 0 aliphatic carbocycles. The minimum absolute atomic E-state index is 0. The summed E-state index contributed by atoms with van der Waals surface area (Å²) in [5.41, 5.74) is 2.72. The number of halogens is 2. The van der Waals surface area contributed by atoms with Crippen molar-refractivity contribution in [2.24, 2.45) is 0 Å². The molecule has 3 heterocycles. The van der Waals surface area contributed by atoms with Crippen LogP contribution < -0.4 is 16.0 Å². The monoisotopic (exact) mass is 510 g/mol. The third kappa shape index (κ3) is 7.02. The second-order valence-corrected chi connectivity index (χ2v) is 8.45. The molecule has 4 rings (SSSR count). The molecule has 186 valence electrons. The highest BCUT2D eigenvalue weighted by atomic mass is 35.5. The van der Waals surface area contributed by atoms with Crippen molar-refractivity contribution in [3.63, 3.8) is 0 Å². The van der Waals surface area contributed by atoms with Crippen LogP contribution in [0.2, 0.25) is 0 Å². The van der Waals surface area contributed by atoms with Gasteiger partial charge in [0.05, 0.1) is 6.10 Å². The van der Waals surface area contributed by atoms with Crippen molar-refractivity contribution in [1.82, 2.24) is 25.5 Å². The topological polar surface area (TPSA) is 119 Å².